The number of hydrogen-bond donors (Lipinski definition) is 2. The van der Waals surface area contributed by atoms with E-state index in [-0.39, 0.29) is 29.7 Å². The van der Waals surface area contributed by atoms with Crippen LogP contribution < -0.4 is 10.6 Å². The summed E-state index contributed by atoms with van der Waals surface area (Å²) in [7, 11) is 1.94. The van der Waals surface area contributed by atoms with E-state index in [4.69, 9.17) is 4.74 Å². The minimum atomic E-state index is -0.152. The van der Waals surface area contributed by atoms with Crippen molar-refractivity contribution in [3.63, 3.8) is 0 Å². The first-order chi connectivity index (χ1) is 18.4. The van der Waals surface area contributed by atoms with Crippen molar-refractivity contribution in [3.05, 3.63) is 83.7 Å². The summed E-state index contributed by atoms with van der Waals surface area (Å²) in [6.45, 7) is 4.89. The fourth-order valence-corrected chi connectivity index (χ4v) is 4.76. The van der Waals surface area contributed by atoms with Crippen molar-refractivity contribution in [2.75, 3.05) is 18.5 Å². The smallest absolute Gasteiger partial charge is 0.253 e. The first-order valence-corrected chi connectivity index (χ1v) is 12.6. The highest BCUT2D eigenvalue weighted by Gasteiger charge is 2.27. The Kier molecular flexibility index (Phi) is 5.92. The van der Waals surface area contributed by atoms with Gasteiger partial charge in [0.25, 0.3) is 5.91 Å². The SMILES string of the molecule is Cc1cccc([C@H](C)NC(=O)c2cn(C)c3ccc(-c4ccn5nc(NC(=O)C6COC6)nc5c4)cc23)c1. The van der Waals surface area contributed by atoms with Crippen LogP contribution in [0.25, 0.3) is 27.7 Å². The molecule has 3 aromatic heterocycles. The number of nitrogens with one attached hydrogen (secondary N) is 2. The van der Waals surface area contributed by atoms with Gasteiger partial charge in [0, 0.05) is 30.3 Å². The number of fused-ring (bicyclic) bond motifs is 2. The third-order valence-electron chi connectivity index (χ3n) is 7.04. The van der Waals surface area contributed by atoms with Crippen molar-refractivity contribution in [1.29, 1.82) is 0 Å². The molecule has 0 bridgehead atoms. The van der Waals surface area contributed by atoms with Crippen LogP contribution >= 0.6 is 0 Å². The van der Waals surface area contributed by atoms with Crippen molar-refractivity contribution in [1.82, 2.24) is 24.5 Å². The topological polar surface area (TPSA) is 103 Å². The monoisotopic (exact) mass is 508 g/mol. The minimum absolute atomic E-state index is 0.119. The number of amides is 2. The largest absolute Gasteiger partial charge is 0.380 e. The molecular weight excluding hydrogens is 480 g/mol. The van der Waals surface area contributed by atoms with Crippen LogP contribution in [0.3, 0.4) is 0 Å². The van der Waals surface area contributed by atoms with E-state index >= 15 is 0 Å². The van der Waals surface area contributed by atoms with Crippen LogP contribution in [0.4, 0.5) is 5.95 Å². The van der Waals surface area contributed by atoms with E-state index in [1.54, 1.807) is 4.52 Å². The van der Waals surface area contributed by atoms with Crippen molar-refractivity contribution in [2.45, 2.75) is 19.9 Å². The molecule has 2 amide bonds. The van der Waals surface area contributed by atoms with Crippen LogP contribution in [0.1, 0.15) is 34.5 Å². The molecule has 9 heteroatoms. The van der Waals surface area contributed by atoms with Gasteiger partial charge in [-0.25, -0.2) is 4.52 Å². The van der Waals surface area contributed by atoms with Crippen LogP contribution in [0, 0.1) is 12.8 Å². The Labute approximate surface area is 219 Å². The lowest BCUT2D eigenvalue weighted by Crippen LogP contribution is -2.38. The van der Waals surface area contributed by atoms with E-state index in [0.717, 1.165) is 33.2 Å². The summed E-state index contributed by atoms with van der Waals surface area (Å²) in [4.78, 5) is 30.0. The first kappa shape index (κ1) is 23.9. The minimum Gasteiger partial charge on any atom is -0.380 e. The van der Waals surface area contributed by atoms with Gasteiger partial charge in [-0.05, 0) is 54.8 Å². The molecule has 2 aromatic carbocycles. The molecule has 4 heterocycles. The predicted octanol–water partition coefficient (Wildman–Crippen LogP) is 4.27. The van der Waals surface area contributed by atoms with Gasteiger partial charge in [-0.1, -0.05) is 35.9 Å². The molecule has 5 aromatic rings. The van der Waals surface area contributed by atoms with Gasteiger partial charge >= 0.3 is 0 Å². The van der Waals surface area contributed by atoms with Crippen molar-refractivity contribution >= 4 is 34.3 Å². The zero-order valence-electron chi connectivity index (χ0n) is 21.4. The number of nitrogens with zero attached hydrogens (tertiary/aromatic N) is 4. The molecule has 38 heavy (non-hydrogen) atoms. The highest BCUT2D eigenvalue weighted by atomic mass is 16.5. The van der Waals surface area contributed by atoms with Gasteiger partial charge in [0.05, 0.1) is 30.7 Å². The molecule has 0 saturated carbocycles. The Hall–Kier alpha value is -4.50. The summed E-state index contributed by atoms with van der Waals surface area (Å²) in [6.07, 6.45) is 3.68. The number of carbonyl (C=O) groups is 2. The van der Waals surface area contributed by atoms with Crippen LogP contribution in [0.2, 0.25) is 0 Å². The van der Waals surface area contributed by atoms with Gasteiger partial charge < -0.3 is 14.6 Å². The number of ether oxygens (including phenoxy) is 1. The molecule has 1 saturated heterocycles. The fourth-order valence-electron chi connectivity index (χ4n) is 4.76. The highest BCUT2D eigenvalue weighted by Crippen LogP contribution is 2.29. The van der Waals surface area contributed by atoms with E-state index < -0.39 is 0 Å². The second-order valence-corrected chi connectivity index (χ2v) is 9.87. The maximum atomic E-state index is 13.3. The number of anilines is 1. The lowest BCUT2D eigenvalue weighted by Gasteiger charge is -2.23. The molecule has 0 unspecified atom stereocenters. The maximum absolute atomic E-state index is 13.3. The van der Waals surface area contributed by atoms with E-state index in [2.05, 4.69) is 26.8 Å². The number of aromatic nitrogens is 4. The molecule has 1 aliphatic rings. The van der Waals surface area contributed by atoms with Gasteiger partial charge in [-0.2, -0.15) is 4.98 Å². The lowest BCUT2D eigenvalue weighted by atomic mass is 10.0. The summed E-state index contributed by atoms with van der Waals surface area (Å²) in [6, 6.07) is 18.0. The van der Waals surface area contributed by atoms with Gasteiger partial charge in [-0.3, -0.25) is 14.9 Å². The second-order valence-electron chi connectivity index (χ2n) is 9.87. The summed E-state index contributed by atoms with van der Waals surface area (Å²) in [5.41, 5.74) is 6.31. The molecule has 192 valence electrons. The number of rotatable bonds is 6. The van der Waals surface area contributed by atoms with Crippen molar-refractivity contribution in [3.8, 4) is 11.1 Å². The van der Waals surface area contributed by atoms with Crippen molar-refractivity contribution in [2.24, 2.45) is 13.0 Å². The Balaban J connectivity index is 1.28. The van der Waals surface area contributed by atoms with E-state index in [0.29, 0.717) is 24.4 Å². The molecule has 1 atom stereocenters. The van der Waals surface area contributed by atoms with Gasteiger partial charge in [0.1, 0.15) is 0 Å². The number of pyridine rings is 1. The third kappa shape index (κ3) is 4.41. The zero-order valence-corrected chi connectivity index (χ0v) is 21.4. The average Bonchev–Trinajstić information content (AvgIpc) is 3.42. The van der Waals surface area contributed by atoms with Gasteiger partial charge in [0.15, 0.2) is 5.65 Å². The van der Waals surface area contributed by atoms with Crippen LogP contribution in [-0.4, -0.2) is 44.2 Å². The summed E-state index contributed by atoms with van der Waals surface area (Å²) in [5, 5.41) is 11.1. The van der Waals surface area contributed by atoms with E-state index in [1.807, 2.05) is 86.4 Å². The fraction of sp³-hybridized carbons (Fsp3) is 0.241. The third-order valence-corrected chi connectivity index (χ3v) is 7.04. The van der Waals surface area contributed by atoms with Gasteiger partial charge in [-0.15, -0.1) is 5.10 Å². The summed E-state index contributed by atoms with van der Waals surface area (Å²) < 4.78 is 8.68. The van der Waals surface area contributed by atoms with Crippen LogP contribution in [0.5, 0.6) is 0 Å². The van der Waals surface area contributed by atoms with Gasteiger partial charge in [0.2, 0.25) is 11.9 Å². The number of benzene rings is 2. The number of carbonyl (C=O) groups excluding carboxylic acids is 2. The molecule has 0 spiro atoms. The highest BCUT2D eigenvalue weighted by molar-refractivity contribution is 6.08. The molecule has 0 radical (unpaired) electrons. The first-order valence-electron chi connectivity index (χ1n) is 12.6. The molecule has 9 nitrogen and oxygen atoms in total. The maximum Gasteiger partial charge on any atom is 0.253 e. The van der Waals surface area contributed by atoms with E-state index in [9.17, 15) is 9.59 Å². The predicted molar refractivity (Wildman–Crippen MR) is 145 cm³/mol. The molecule has 1 fully saturated rings. The Bertz CT molecular complexity index is 1700. The molecule has 6 rings (SSSR count). The quantitative estimate of drug-likeness (QED) is 0.357. The van der Waals surface area contributed by atoms with Crippen LogP contribution in [0.15, 0.2) is 67.0 Å². The van der Waals surface area contributed by atoms with E-state index in [1.165, 1.54) is 0 Å². The number of hydrogen-bond acceptors (Lipinski definition) is 5. The Morgan fingerprint density at radius 1 is 1.08 bits per heavy atom. The number of aryl methyl sites for hydroxylation is 2. The normalized spacial score (nSPS) is 14.4. The Morgan fingerprint density at radius 2 is 1.89 bits per heavy atom. The summed E-state index contributed by atoms with van der Waals surface area (Å²) >= 11 is 0. The Morgan fingerprint density at radius 3 is 2.66 bits per heavy atom. The van der Waals surface area contributed by atoms with Crippen molar-refractivity contribution < 1.29 is 14.3 Å². The average molecular weight is 509 g/mol. The standard InChI is InChI=1S/C29H28N6O3/c1-17-5-4-6-19(11-17)18(2)30-28(37)24-14-34(3)25-8-7-20(12-23(24)25)21-9-10-35-26(13-21)31-29(33-35)32-27(36)22-15-38-16-22/h4-14,18,22H,15-16H2,1-3H3,(H,30,37)(H,32,33,36)/t18-/m0/s1. The lowest BCUT2D eigenvalue weighted by molar-refractivity contribution is -0.133. The molecular formula is C29H28N6O3. The van der Waals surface area contributed by atoms with Crippen LogP contribution in [-0.2, 0) is 16.6 Å². The molecule has 2 N–H and O–H groups in total. The molecule has 1 aliphatic heterocycles. The summed E-state index contributed by atoms with van der Waals surface area (Å²) in [5.74, 6) is -0.142. The zero-order chi connectivity index (χ0) is 26.4. The second kappa shape index (κ2) is 9.42. The molecule has 0 aliphatic carbocycles.